The van der Waals surface area contributed by atoms with Crippen LogP contribution in [0.1, 0.15) is 11.4 Å². The number of hydrogen-bond donors (Lipinski definition) is 0. The van der Waals surface area contributed by atoms with Crippen LogP contribution in [0.5, 0.6) is 0 Å². The van der Waals surface area contributed by atoms with Crippen LogP contribution in [0.15, 0.2) is 12.4 Å². The third kappa shape index (κ3) is 0.960. The molecule has 0 unspecified atom stereocenters. The Morgan fingerprint density at radius 3 is 2.91 bits per heavy atom. The molecule has 0 aromatic carbocycles. The lowest BCUT2D eigenvalue weighted by molar-refractivity contribution is 0.868. The first-order valence-corrected chi connectivity index (χ1v) is 3.41. The van der Waals surface area contributed by atoms with Crippen molar-refractivity contribution < 1.29 is 0 Å². The van der Waals surface area contributed by atoms with Crippen molar-refractivity contribution in [3.05, 3.63) is 23.8 Å². The molecule has 0 N–H and O–H groups in total. The Bertz CT molecular complexity index is 390. The van der Waals surface area contributed by atoms with Crippen LogP contribution in [0.2, 0.25) is 0 Å². The molecule has 0 aliphatic rings. The molecule has 0 atom stereocenters. The van der Waals surface area contributed by atoms with Gasteiger partial charge in [0.2, 0.25) is 0 Å². The molecule has 0 spiro atoms. The molecule has 0 aliphatic carbocycles. The van der Waals surface area contributed by atoms with E-state index in [1.807, 2.05) is 20.0 Å². The van der Waals surface area contributed by atoms with Crippen LogP contribution in [-0.2, 0) is 0 Å². The fourth-order valence-corrected chi connectivity index (χ4v) is 0.981. The van der Waals surface area contributed by atoms with Gasteiger partial charge in [0, 0.05) is 0 Å². The van der Waals surface area contributed by atoms with Gasteiger partial charge >= 0.3 is 0 Å². The maximum atomic E-state index is 4.19. The Balaban J connectivity index is 2.82. The lowest BCUT2D eigenvalue weighted by Crippen LogP contribution is -1.94. The van der Waals surface area contributed by atoms with E-state index in [-0.39, 0.29) is 0 Å². The van der Waals surface area contributed by atoms with E-state index in [0.717, 1.165) is 11.4 Å². The van der Waals surface area contributed by atoms with Crippen LogP contribution in [0, 0.1) is 13.8 Å². The number of imidazole rings is 1. The van der Waals surface area contributed by atoms with Gasteiger partial charge in [-0.3, -0.25) is 0 Å². The predicted molar refractivity (Wildman–Crippen MR) is 40.3 cm³/mol. The second-order valence-corrected chi connectivity index (χ2v) is 2.53. The number of rotatable bonds is 0. The minimum Gasteiger partial charge on any atom is -0.218 e. The van der Waals surface area contributed by atoms with Gasteiger partial charge in [-0.2, -0.15) is 5.10 Å². The van der Waals surface area contributed by atoms with Gasteiger partial charge in [-0.1, -0.05) is 0 Å². The van der Waals surface area contributed by atoms with Crippen molar-refractivity contribution in [1.29, 1.82) is 0 Å². The summed E-state index contributed by atoms with van der Waals surface area (Å²) in [6.07, 6.45) is 3.57. The van der Waals surface area contributed by atoms with Crippen molar-refractivity contribution in [2.45, 2.75) is 13.8 Å². The van der Waals surface area contributed by atoms with Gasteiger partial charge in [-0.15, -0.1) is 0 Å². The summed E-state index contributed by atoms with van der Waals surface area (Å²) >= 11 is 0. The quantitative estimate of drug-likeness (QED) is 0.553. The Kier molecular flexibility index (Phi) is 1.15. The summed E-state index contributed by atoms with van der Waals surface area (Å²) in [5.74, 6) is 0.660. The molecule has 0 radical (unpaired) electrons. The summed E-state index contributed by atoms with van der Waals surface area (Å²) < 4.78 is 1.69. The van der Waals surface area contributed by atoms with E-state index in [4.69, 9.17) is 0 Å². The molecule has 11 heavy (non-hydrogen) atoms. The van der Waals surface area contributed by atoms with Gasteiger partial charge in [0.05, 0.1) is 23.8 Å². The molecule has 0 bridgehead atoms. The van der Waals surface area contributed by atoms with Crippen LogP contribution < -0.4 is 0 Å². The number of aryl methyl sites for hydroxylation is 2. The van der Waals surface area contributed by atoms with Gasteiger partial charge in [0.25, 0.3) is 5.78 Å². The summed E-state index contributed by atoms with van der Waals surface area (Å²) in [6, 6.07) is 0. The molecule has 0 aliphatic heterocycles. The highest BCUT2D eigenvalue weighted by molar-refractivity contribution is 5.27. The predicted octanol–water partition coefficient (Wildman–Crippen LogP) is 0.741. The average Bonchev–Trinajstić information content (AvgIpc) is 2.27. The zero-order valence-electron chi connectivity index (χ0n) is 6.44. The molecule has 0 fully saturated rings. The summed E-state index contributed by atoms with van der Waals surface area (Å²) in [5, 5.41) is 4.19. The third-order valence-corrected chi connectivity index (χ3v) is 1.42. The standard InChI is InChI=1S/C7H8N4/c1-5-3-8-7-9-6(2)4-11(7)10-5/h3-4H,1-2H3. The zero-order valence-corrected chi connectivity index (χ0v) is 6.44. The largest absolute Gasteiger partial charge is 0.250 e. The van der Waals surface area contributed by atoms with Crippen molar-refractivity contribution in [2.24, 2.45) is 0 Å². The minimum atomic E-state index is 0.660. The molecule has 0 saturated carbocycles. The normalized spacial score (nSPS) is 10.7. The molecule has 0 saturated heterocycles. The lowest BCUT2D eigenvalue weighted by atomic mass is 10.6. The molecule has 2 heterocycles. The number of nitrogens with zero attached hydrogens (tertiary/aromatic N) is 4. The lowest BCUT2D eigenvalue weighted by Gasteiger charge is -1.90. The van der Waals surface area contributed by atoms with Crippen molar-refractivity contribution in [1.82, 2.24) is 19.6 Å². The third-order valence-electron chi connectivity index (χ3n) is 1.42. The molecule has 4 heteroatoms. The Hall–Kier alpha value is -1.45. The second-order valence-electron chi connectivity index (χ2n) is 2.53. The molecule has 4 nitrogen and oxygen atoms in total. The second kappa shape index (κ2) is 2.02. The van der Waals surface area contributed by atoms with Crippen LogP contribution in [-0.4, -0.2) is 19.6 Å². The van der Waals surface area contributed by atoms with Crippen LogP contribution in [0.4, 0.5) is 0 Å². The minimum absolute atomic E-state index is 0.660. The van der Waals surface area contributed by atoms with E-state index in [0.29, 0.717) is 5.78 Å². The number of aromatic nitrogens is 4. The summed E-state index contributed by atoms with van der Waals surface area (Å²) in [4.78, 5) is 8.23. The molecule has 2 aromatic rings. The van der Waals surface area contributed by atoms with E-state index in [9.17, 15) is 0 Å². The summed E-state index contributed by atoms with van der Waals surface area (Å²) in [7, 11) is 0. The molecule has 56 valence electrons. The Morgan fingerprint density at radius 1 is 1.27 bits per heavy atom. The maximum Gasteiger partial charge on any atom is 0.250 e. The van der Waals surface area contributed by atoms with Gasteiger partial charge in [-0.05, 0) is 13.8 Å². The molecular formula is C7H8N4. The van der Waals surface area contributed by atoms with E-state index >= 15 is 0 Å². The highest BCUT2D eigenvalue weighted by atomic mass is 15.3. The monoisotopic (exact) mass is 148 g/mol. The maximum absolute atomic E-state index is 4.19. The first-order chi connectivity index (χ1) is 5.25. The zero-order chi connectivity index (χ0) is 7.84. The van der Waals surface area contributed by atoms with Gasteiger partial charge < -0.3 is 0 Å². The first kappa shape index (κ1) is 6.27. The Morgan fingerprint density at radius 2 is 2.09 bits per heavy atom. The molecule has 0 amide bonds. The van der Waals surface area contributed by atoms with Gasteiger partial charge in [0.15, 0.2) is 0 Å². The fraction of sp³-hybridized carbons (Fsp3) is 0.286. The number of fused-ring (bicyclic) bond motifs is 1. The van der Waals surface area contributed by atoms with Gasteiger partial charge in [0.1, 0.15) is 0 Å². The van der Waals surface area contributed by atoms with E-state index in [1.165, 1.54) is 0 Å². The van der Waals surface area contributed by atoms with Crippen molar-refractivity contribution in [2.75, 3.05) is 0 Å². The van der Waals surface area contributed by atoms with Crippen LogP contribution in [0.3, 0.4) is 0 Å². The highest BCUT2D eigenvalue weighted by Gasteiger charge is 1.97. The van der Waals surface area contributed by atoms with Crippen molar-refractivity contribution in [3.8, 4) is 0 Å². The topological polar surface area (TPSA) is 43.1 Å². The Labute approximate surface area is 63.9 Å². The average molecular weight is 148 g/mol. The van der Waals surface area contributed by atoms with Crippen LogP contribution >= 0.6 is 0 Å². The SMILES string of the molecule is Cc1cn2nc(C)cnc2n1. The summed E-state index contributed by atoms with van der Waals surface area (Å²) in [6.45, 7) is 3.83. The van der Waals surface area contributed by atoms with Gasteiger partial charge in [-0.25, -0.2) is 14.5 Å². The molecule has 2 rings (SSSR count). The van der Waals surface area contributed by atoms with Crippen molar-refractivity contribution in [3.63, 3.8) is 0 Å². The first-order valence-electron chi connectivity index (χ1n) is 3.41. The van der Waals surface area contributed by atoms with E-state index in [1.54, 1.807) is 10.7 Å². The van der Waals surface area contributed by atoms with Crippen molar-refractivity contribution >= 4 is 5.78 Å². The smallest absolute Gasteiger partial charge is 0.218 e. The molecular weight excluding hydrogens is 140 g/mol. The number of hydrogen-bond acceptors (Lipinski definition) is 3. The van der Waals surface area contributed by atoms with Crippen LogP contribution in [0.25, 0.3) is 5.78 Å². The molecule has 2 aromatic heterocycles. The summed E-state index contributed by atoms with van der Waals surface area (Å²) in [5.41, 5.74) is 1.84. The van der Waals surface area contributed by atoms with E-state index in [2.05, 4.69) is 15.1 Å². The highest BCUT2D eigenvalue weighted by Crippen LogP contribution is 1.98. The fourth-order valence-electron chi connectivity index (χ4n) is 0.981. The van der Waals surface area contributed by atoms with E-state index < -0.39 is 0 Å².